The molecule has 0 spiro atoms. The second-order valence-electron chi connectivity index (χ2n) is 2.32. The predicted octanol–water partition coefficient (Wildman–Crippen LogP) is 0.348. The van der Waals surface area contributed by atoms with Crippen LogP contribution in [0.15, 0.2) is 24.4 Å². The Bertz CT molecular complexity index is 349. The maximum atomic E-state index is 11.1. The molecule has 0 saturated heterocycles. The first-order valence-electron chi connectivity index (χ1n) is 3.82. The van der Waals surface area contributed by atoms with Gasteiger partial charge in [0.25, 0.3) is 10.2 Å². The SMILES string of the molecule is CCNS(=O)(=O)Nc1ccccn1. The fourth-order valence-electron chi connectivity index (χ4n) is 0.787. The Morgan fingerprint density at radius 2 is 2.23 bits per heavy atom. The van der Waals surface area contributed by atoms with Crippen molar-refractivity contribution >= 4 is 16.0 Å². The van der Waals surface area contributed by atoms with Gasteiger partial charge in [-0.15, -0.1) is 0 Å². The largest absolute Gasteiger partial charge is 0.300 e. The van der Waals surface area contributed by atoms with Crippen molar-refractivity contribution in [2.75, 3.05) is 11.3 Å². The van der Waals surface area contributed by atoms with Crippen molar-refractivity contribution in [2.45, 2.75) is 6.92 Å². The van der Waals surface area contributed by atoms with E-state index in [1.165, 1.54) is 6.20 Å². The van der Waals surface area contributed by atoms with E-state index < -0.39 is 10.2 Å². The summed E-state index contributed by atoms with van der Waals surface area (Å²) in [6, 6.07) is 5.00. The molecule has 6 heteroatoms. The van der Waals surface area contributed by atoms with Gasteiger partial charge in [0.1, 0.15) is 5.82 Å². The van der Waals surface area contributed by atoms with Gasteiger partial charge in [-0.05, 0) is 12.1 Å². The van der Waals surface area contributed by atoms with Crippen molar-refractivity contribution in [1.29, 1.82) is 0 Å². The fraction of sp³-hybridized carbons (Fsp3) is 0.286. The number of anilines is 1. The van der Waals surface area contributed by atoms with Crippen molar-refractivity contribution in [2.24, 2.45) is 0 Å². The fourth-order valence-corrected chi connectivity index (χ4v) is 1.64. The van der Waals surface area contributed by atoms with Gasteiger partial charge in [-0.3, -0.25) is 4.72 Å². The Morgan fingerprint density at radius 3 is 2.77 bits per heavy atom. The summed E-state index contributed by atoms with van der Waals surface area (Å²) in [5.74, 6) is 0.309. The van der Waals surface area contributed by atoms with Crippen LogP contribution in [0.1, 0.15) is 6.92 Å². The van der Waals surface area contributed by atoms with Crippen molar-refractivity contribution in [3.05, 3.63) is 24.4 Å². The Kier molecular flexibility index (Phi) is 3.21. The number of nitrogens with one attached hydrogen (secondary N) is 2. The average molecular weight is 201 g/mol. The first-order valence-corrected chi connectivity index (χ1v) is 5.31. The minimum Gasteiger partial charge on any atom is -0.255 e. The molecule has 0 aliphatic heterocycles. The molecule has 0 fully saturated rings. The van der Waals surface area contributed by atoms with E-state index in [0.717, 1.165) is 0 Å². The zero-order chi connectivity index (χ0) is 9.73. The van der Waals surface area contributed by atoms with Crippen LogP contribution in [-0.2, 0) is 10.2 Å². The highest BCUT2D eigenvalue weighted by atomic mass is 32.2. The normalized spacial score (nSPS) is 11.2. The smallest absolute Gasteiger partial charge is 0.255 e. The lowest BCUT2D eigenvalue weighted by atomic mass is 10.5. The van der Waals surface area contributed by atoms with Gasteiger partial charge >= 0.3 is 0 Å². The van der Waals surface area contributed by atoms with Gasteiger partial charge in [-0.2, -0.15) is 13.1 Å². The van der Waals surface area contributed by atoms with Gasteiger partial charge in [0.05, 0.1) is 0 Å². The Hall–Kier alpha value is -1.14. The van der Waals surface area contributed by atoms with E-state index in [-0.39, 0.29) is 0 Å². The molecule has 0 aromatic carbocycles. The first kappa shape index (κ1) is 9.94. The number of nitrogens with zero attached hydrogens (tertiary/aromatic N) is 1. The highest BCUT2D eigenvalue weighted by molar-refractivity contribution is 7.90. The number of aromatic nitrogens is 1. The maximum absolute atomic E-state index is 11.1. The second kappa shape index (κ2) is 4.20. The standard InChI is InChI=1S/C7H11N3O2S/c1-2-9-13(11,12)10-7-5-3-4-6-8-7/h3-6,9H,2H2,1H3,(H,8,10). The van der Waals surface area contributed by atoms with Crippen molar-refractivity contribution in [3.63, 3.8) is 0 Å². The molecule has 0 atom stereocenters. The molecule has 2 N–H and O–H groups in total. The van der Waals surface area contributed by atoms with Crippen LogP contribution in [0.5, 0.6) is 0 Å². The number of pyridine rings is 1. The Balaban J connectivity index is 2.70. The predicted molar refractivity (Wildman–Crippen MR) is 50.5 cm³/mol. The molecule has 0 saturated carbocycles. The summed E-state index contributed by atoms with van der Waals surface area (Å²) >= 11 is 0. The molecule has 0 aliphatic carbocycles. The molecule has 72 valence electrons. The van der Waals surface area contributed by atoms with Gasteiger partial charge in [-0.25, -0.2) is 4.98 Å². The third-order valence-electron chi connectivity index (χ3n) is 1.24. The molecule has 0 aliphatic rings. The minimum absolute atomic E-state index is 0.309. The third kappa shape index (κ3) is 3.39. The zero-order valence-corrected chi connectivity index (χ0v) is 8.00. The van der Waals surface area contributed by atoms with Crippen LogP contribution in [0.3, 0.4) is 0 Å². The van der Waals surface area contributed by atoms with E-state index in [9.17, 15) is 8.42 Å². The first-order chi connectivity index (χ1) is 6.14. The van der Waals surface area contributed by atoms with Crippen LogP contribution in [0.25, 0.3) is 0 Å². The maximum Gasteiger partial charge on any atom is 0.300 e. The van der Waals surface area contributed by atoms with Gasteiger partial charge < -0.3 is 0 Å². The molecule has 1 heterocycles. The molecule has 5 nitrogen and oxygen atoms in total. The summed E-state index contributed by atoms with van der Waals surface area (Å²) in [4.78, 5) is 3.82. The minimum atomic E-state index is -3.45. The highest BCUT2D eigenvalue weighted by Gasteiger charge is 2.06. The number of hydrogen-bond donors (Lipinski definition) is 2. The Labute approximate surface area is 77.4 Å². The number of hydrogen-bond acceptors (Lipinski definition) is 3. The van der Waals surface area contributed by atoms with Crippen LogP contribution >= 0.6 is 0 Å². The van der Waals surface area contributed by atoms with Gasteiger partial charge in [-0.1, -0.05) is 13.0 Å². The number of rotatable bonds is 4. The highest BCUT2D eigenvalue weighted by Crippen LogP contribution is 2.01. The van der Waals surface area contributed by atoms with E-state index >= 15 is 0 Å². The molecule has 1 aromatic rings. The third-order valence-corrected chi connectivity index (χ3v) is 2.38. The summed E-state index contributed by atoms with van der Waals surface area (Å²) in [6.07, 6.45) is 1.52. The molecule has 0 unspecified atom stereocenters. The lowest BCUT2D eigenvalue weighted by molar-refractivity contribution is 0.589. The second-order valence-corrected chi connectivity index (χ2v) is 3.82. The quantitative estimate of drug-likeness (QED) is 0.738. The van der Waals surface area contributed by atoms with Crippen LogP contribution in [0.2, 0.25) is 0 Å². The van der Waals surface area contributed by atoms with Gasteiger partial charge in [0, 0.05) is 12.7 Å². The Morgan fingerprint density at radius 1 is 1.46 bits per heavy atom. The lowest BCUT2D eigenvalue weighted by Gasteiger charge is -2.05. The monoisotopic (exact) mass is 201 g/mol. The van der Waals surface area contributed by atoms with Crippen LogP contribution in [0.4, 0.5) is 5.82 Å². The van der Waals surface area contributed by atoms with Crippen molar-refractivity contribution < 1.29 is 8.42 Å². The molecule has 0 amide bonds. The van der Waals surface area contributed by atoms with E-state index in [4.69, 9.17) is 0 Å². The van der Waals surface area contributed by atoms with Crippen molar-refractivity contribution in [3.8, 4) is 0 Å². The molecule has 1 aromatic heterocycles. The van der Waals surface area contributed by atoms with E-state index in [0.29, 0.717) is 12.4 Å². The summed E-state index contributed by atoms with van der Waals surface area (Å²) in [7, 11) is -3.45. The van der Waals surface area contributed by atoms with E-state index in [2.05, 4.69) is 14.4 Å². The van der Waals surface area contributed by atoms with Gasteiger partial charge in [0.15, 0.2) is 0 Å². The zero-order valence-electron chi connectivity index (χ0n) is 7.19. The summed E-state index contributed by atoms with van der Waals surface area (Å²) in [5, 5.41) is 0. The van der Waals surface area contributed by atoms with Crippen LogP contribution in [0, 0.1) is 0 Å². The van der Waals surface area contributed by atoms with E-state index in [1.54, 1.807) is 25.1 Å². The topological polar surface area (TPSA) is 71.1 Å². The van der Waals surface area contributed by atoms with Crippen LogP contribution in [-0.4, -0.2) is 19.9 Å². The molecule has 0 bridgehead atoms. The molecular formula is C7H11N3O2S. The lowest BCUT2D eigenvalue weighted by Crippen LogP contribution is -2.30. The average Bonchev–Trinajstić information content (AvgIpc) is 2.04. The molecular weight excluding hydrogens is 190 g/mol. The summed E-state index contributed by atoms with van der Waals surface area (Å²) < 4.78 is 26.8. The molecule has 1 rings (SSSR count). The molecule has 13 heavy (non-hydrogen) atoms. The van der Waals surface area contributed by atoms with Crippen molar-refractivity contribution in [1.82, 2.24) is 9.71 Å². The van der Waals surface area contributed by atoms with Crippen LogP contribution < -0.4 is 9.44 Å². The van der Waals surface area contributed by atoms with E-state index in [1.807, 2.05) is 0 Å². The summed E-state index contributed by atoms with van der Waals surface area (Å²) in [6.45, 7) is 2.06. The van der Waals surface area contributed by atoms with Gasteiger partial charge in [0.2, 0.25) is 0 Å². The molecule has 0 radical (unpaired) electrons. The summed E-state index contributed by atoms with van der Waals surface area (Å²) in [5.41, 5.74) is 0.